The fourth-order valence-corrected chi connectivity index (χ4v) is 2.03. The van der Waals surface area contributed by atoms with Crippen molar-refractivity contribution in [1.29, 1.82) is 0 Å². The van der Waals surface area contributed by atoms with Crippen molar-refractivity contribution in [3.63, 3.8) is 0 Å². The Morgan fingerprint density at radius 2 is 1.85 bits per heavy atom. The number of carbonyl (C=O) groups is 1. The van der Waals surface area contributed by atoms with Crippen molar-refractivity contribution in [3.8, 4) is 5.75 Å². The van der Waals surface area contributed by atoms with Gasteiger partial charge in [-0.3, -0.25) is 4.79 Å². The summed E-state index contributed by atoms with van der Waals surface area (Å²) in [6, 6.07) is 16.5. The van der Waals surface area contributed by atoms with Crippen LogP contribution in [0, 0.1) is 0 Å². The number of para-hydroxylation sites is 1. The summed E-state index contributed by atoms with van der Waals surface area (Å²) in [5.41, 5.74) is 0.832. The average Bonchev–Trinajstić information content (AvgIpc) is 2.46. The number of anilines is 1. The van der Waals surface area contributed by atoms with Crippen molar-refractivity contribution in [2.45, 2.75) is 13.0 Å². The predicted molar refractivity (Wildman–Crippen MR) is 81.4 cm³/mol. The second kappa shape index (κ2) is 6.44. The number of hydrogen-bond acceptors (Lipinski definition) is 2. The molecular weight excluding hydrogens is 274 g/mol. The molecular formula is C16H16ClNO2. The summed E-state index contributed by atoms with van der Waals surface area (Å²) in [6.45, 7) is 1.72. The van der Waals surface area contributed by atoms with Crippen LogP contribution in [-0.4, -0.2) is 19.1 Å². The number of ether oxygens (including phenoxy) is 1. The van der Waals surface area contributed by atoms with Crippen LogP contribution in [0.5, 0.6) is 5.75 Å². The molecule has 2 aromatic carbocycles. The lowest BCUT2D eigenvalue weighted by Gasteiger charge is -2.22. The van der Waals surface area contributed by atoms with E-state index in [-0.39, 0.29) is 5.91 Å². The fourth-order valence-electron chi connectivity index (χ4n) is 1.85. The van der Waals surface area contributed by atoms with Crippen LogP contribution < -0.4 is 9.64 Å². The second-order valence-electron chi connectivity index (χ2n) is 4.45. The monoisotopic (exact) mass is 289 g/mol. The largest absolute Gasteiger partial charge is 0.481 e. The SMILES string of the molecule is CC(Oc1cccc(Cl)c1)C(=O)N(C)c1ccccc1. The van der Waals surface area contributed by atoms with E-state index >= 15 is 0 Å². The smallest absolute Gasteiger partial charge is 0.267 e. The van der Waals surface area contributed by atoms with E-state index in [9.17, 15) is 4.79 Å². The molecule has 0 bridgehead atoms. The first-order valence-electron chi connectivity index (χ1n) is 6.33. The van der Waals surface area contributed by atoms with Gasteiger partial charge in [-0.1, -0.05) is 35.9 Å². The van der Waals surface area contributed by atoms with Crippen LogP contribution in [0.2, 0.25) is 5.02 Å². The van der Waals surface area contributed by atoms with Gasteiger partial charge in [0.15, 0.2) is 6.10 Å². The molecule has 0 spiro atoms. The molecule has 0 fully saturated rings. The van der Waals surface area contributed by atoms with E-state index in [4.69, 9.17) is 16.3 Å². The topological polar surface area (TPSA) is 29.5 Å². The van der Waals surface area contributed by atoms with Gasteiger partial charge in [-0.25, -0.2) is 0 Å². The van der Waals surface area contributed by atoms with Crippen molar-refractivity contribution in [1.82, 2.24) is 0 Å². The summed E-state index contributed by atoms with van der Waals surface area (Å²) in [5.74, 6) is 0.469. The standard InChI is InChI=1S/C16H16ClNO2/c1-12(20-15-10-6-7-13(17)11-15)16(19)18(2)14-8-4-3-5-9-14/h3-12H,1-2H3. The zero-order valence-electron chi connectivity index (χ0n) is 11.4. The summed E-state index contributed by atoms with van der Waals surface area (Å²) in [6.07, 6.45) is -0.585. The summed E-state index contributed by atoms with van der Waals surface area (Å²) in [4.78, 5) is 13.9. The Kier molecular flexibility index (Phi) is 4.64. The molecule has 3 nitrogen and oxygen atoms in total. The van der Waals surface area contributed by atoms with Gasteiger partial charge in [0, 0.05) is 17.8 Å². The third kappa shape index (κ3) is 3.52. The van der Waals surface area contributed by atoms with E-state index in [1.54, 1.807) is 43.1 Å². The molecule has 4 heteroatoms. The molecule has 0 radical (unpaired) electrons. The number of amides is 1. The molecule has 0 aliphatic heterocycles. The highest BCUT2D eigenvalue weighted by molar-refractivity contribution is 6.30. The molecule has 104 valence electrons. The number of likely N-dealkylation sites (N-methyl/N-ethyl adjacent to an activating group) is 1. The van der Waals surface area contributed by atoms with Gasteiger partial charge >= 0.3 is 0 Å². The maximum absolute atomic E-state index is 12.3. The first-order chi connectivity index (χ1) is 9.58. The minimum Gasteiger partial charge on any atom is -0.481 e. The molecule has 1 amide bonds. The lowest BCUT2D eigenvalue weighted by molar-refractivity contribution is -0.124. The van der Waals surface area contributed by atoms with Crippen LogP contribution in [0.3, 0.4) is 0 Å². The van der Waals surface area contributed by atoms with Crippen molar-refractivity contribution in [2.24, 2.45) is 0 Å². The molecule has 0 heterocycles. The van der Waals surface area contributed by atoms with E-state index in [2.05, 4.69) is 0 Å². The van der Waals surface area contributed by atoms with Gasteiger partial charge in [0.05, 0.1) is 0 Å². The number of benzene rings is 2. The molecule has 0 aliphatic rings. The molecule has 0 saturated heterocycles. The highest BCUT2D eigenvalue weighted by Gasteiger charge is 2.20. The van der Waals surface area contributed by atoms with E-state index in [1.807, 2.05) is 30.3 Å². The van der Waals surface area contributed by atoms with Gasteiger partial charge in [-0.15, -0.1) is 0 Å². The Morgan fingerprint density at radius 1 is 1.15 bits per heavy atom. The number of nitrogens with zero attached hydrogens (tertiary/aromatic N) is 1. The molecule has 0 saturated carbocycles. The zero-order chi connectivity index (χ0) is 14.5. The van der Waals surface area contributed by atoms with Gasteiger partial charge < -0.3 is 9.64 Å². The minimum absolute atomic E-state index is 0.115. The first-order valence-corrected chi connectivity index (χ1v) is 6.70. The summed E-state index contributed by atoms with van der Waals surface area (Å²) >= 11 is 5.89. The number of hydrogen-bond donors (Lipinski definition) is 0. The van der Waals surface area contributed by atoms with E-state index < -0.39 is 6.10 Å². The minimum atomic E-state index is -0.585. The molecule has 20 heavy (non-hydrogen) atoms. The Bertz CT molecular complexity index is 586. The maximum atomic E-state index is 12.3. The average molecular weight is 290 g/mol. The van der Waals surface area contributed by atoms with Crippen LogP contribution in [0.1, 0.15) is 6.92 Å². The van der Waals surface area contributed by atoms with E-state index in [1.165, 1.54) is 0 Å². The number of rotatable bonds is 4. The van der Waals surface area contributed by atoms with Crippen molar-refractivity contribution in [2.75, 3.05) is 11.9 Å². The van der Waals surface area contributed by atoms with Crippen LogP contribution in [0.15, 0.2) is 54.6 Å². The Labute approximate surface area is 123 Å². The van der Waals surface area contributed by atoms with Crippen LogP contribution in [0.25, 0.3) is 0 Å². The molecule has 2 aromatic rings. The van der Waals surface area contributed by atoms with Gasteiger partial charge in [0.25, 0.3) is 5.91 Å². The van der Waals surface area contributed by atoms with Gasteiger partial charge in [-0.05, 0) is 37.3 Å². The summed E-state index contributed by atoms with van der Waals surface area (Å²) in [7, 11) is 1.73. The van der Waals surface area contributed by atoms with Crippen LogP contribution in [-0.2, 0) is 4.79 Å². The first kappa shape index (κ1) is 14.4. The number of carbonyl (C=O) groups excluding carboxylic acids is 1. The van der Waals surface area contributed by atoms with E-state index in [0.29, 0.717) is 10.8 Å². The van der Waals surface area contributed by atoms with Gasteiger partial charge in [-0.2, -0.15) is 0 Å². The van der Waals surface area contributed by atoms with Crippen molar-refractivity contribution < 1.29 is 9.53 Å². The second-order valence-corrected chi connectivity index (χ2v) is 4.89. The predicted octanol–water partition coefficient (Wildman–Crippen LogP) is 3.77. The van der Waals surface area contributed by atoms with Crippen LogP contribution >= 0.6 is 11.6 Å². The van der Waals surface area contributed by atoms with Gasteiger partial charge in [0.1, 0.15) is 5.75 Å². The molecule has 0 aliphatic carbocycles. The van der Waals surface area contributed by atoms with Crippen molar-refractivity contribution >= 4 is 23.2 Å². The number of halogens is 1. The molecule has 1 atom stereocenters. The summed E-state index contributed by atoms with van der Waals surface area (Å²) < 4.78 is 5.62. The van der Waals surface area contributed by atoms with Gasteiger partial charge in [0.2, 0.25) is 0 Å². The van der Waals surface area contributed by atoms with Crippen LogP contribution in [0.4, 0.5) is 5.69 Å². The Balaban J connectivity index is 2.05. The lowest BCUT2D eigenvalue weighted by Crippen LogP contribution is -2.37. The zero-order valence-corrected chi connectivity index (χ0v) is 12.2. The summed E-state index contributed by atoms with van der Waals surface area (Å²) in [5, 5.41) is 0.582. The third-order valence-electron chi connectivity index (χ3n) is 2.93. The quantitative estimate of drug-likeness (QED) is 0.857. The lowest BCUT2D eigenvalue weighted by atomic mass is 10.2. The third-order valence-corrected chi connectivity index (χ3v) is 3.17. The van der Waals surface area contributed by atoms with E-state index in [0.717, 1.165) is 5.69 Å². The molecule has 2 rings (SSSR count). The van der Waals surface area contributed by atoms with Crippen molar-refractivity contribution in [3.05, 3.63) is 59.6 Å². The fraction of sp³-hybridized carbons (Fsp3) is 0.188. The maximum Gasteiger partial charge on any atom is 0.267 e. The Hall–Kier alpha value is -2.00. The normalized spacial score (nSPS) is 11.8. The highest BCUT2D eigenvalue weighted by atomic mass is 35.5. The Morgan fingerprint density at radius 3 is 2.50 bits per heavy atom. The molecule has 1 unspecified atom stereocenters. The highest BCUT2D eigenvalue weighted by Crippen LogP contribution is 2.19. The molecule has 0 N–H and O–H groups in total. The molecule has 0 aromatic heterocycles.